The van der Waals surface area contributed by atoms with Gasteiger partial charge in [-0.15, -0.1) is 0 Å². The number of aliphatic hydroxyl groups is 1. The van der Waals surface area contributed by atoms with Crippen LogP contribution in [0.2, 0.25) is 0 Å². The second kappa shape index (κ2) is 6.00. The lowest BCUT2D eigenvalue weighted by Crippen LogP contribution is -2.16. The number of anilines is 1. The third-order valence-corrected chi connectivity index (χ3v) is 3.21. The molecule has 1 aromatic heterocycles. The van der Waals surface area contributed by atoms with Gasteiger partial charge < -0.3 is 20.6 Å². The summed E-state index contributed by atoms with van der Waals surface area (Å²) in [7, 11) is 1.46. The Labute approximate surface area is 125 Å². The van der Waals surface area contributed by atoms with E-state index in [-0.39, 0.29) is 29.1 Å². The van der Waals surface area contributed by atoms with Crippen molar-refractivity contribution in [2.75, 3.05) is 12.8 Å². The number of hydrogen-bond acceptors (Lipinski definition) is 6. The van der Waals surface area contributed by atoms with E-state index in [9.17, 15) is 20.4 Å². The fourth-order valence-corrected chi connectivity index (χ4v) is 2.19. The summed E-state index contributed by atoms with van der Waals surface area (Å²) < 4.78 is 5.11. The molecule has 0 saturated heterocycles. The average molecular weight is 296 g/mol. The van der Waals surface area contributed by atoms with Crippen LogP contribution in [0.25, 0.3) is 11.1 Å². The number of H-pyrrole nitrogens is 1. The molecule has 1 aromatic carbocycles. The summed E-state index contributed by atoms with van der Waals surface area (Å²) in [6.07, 6.45) is 0. The van der Waals surface area contributed by atoms with Crippen LogP contribution in [0.3, 0.4) is 0 Å². The van der Waals surface area contributed by atoms with Crippen molar-refractivity contribution >= 4 is 5.82 Å². The molecule has 0 saturated carbocycles. The molecule has 0 unspecified atom stereocenters. The van der Waals surface area contributed by atoms with Crippen LogP contribution in [0.5, 0.6) is 5.75 Å². The van der Waals surface area contributed by atoms with Crippen LogP contribution < -0.4 is 16.0 Å². The van der Waals surface area contributed by atoms with Crippen molar-refractivity contribution in [1.82, 2.24) is 4.98 Å². The fraction of sp³-hybridized carbons (Fsp3) is 0.133. The molecule has 4 N–H and O–H groups in total. The minimum Gasteiger partial charge on any atom is -0.496 e. The zero-order valence-electron chi connectivity index (χ0n) is 11.7. The van der Waals surface area contributed by atoms with E-state index in [0.29, 0.717) is 16.9 Å². The highest BCUT2D eigenvalue weighted by Gasteiger charge is 2.19. The first-order chi connectivity index (χ1) is 10.6. The second-order valence-electron chi connectivity index (χ2n) is 4.40. The zero-order valence-corrected chi connectivity index (χ0v) is 11.7. The van der Waals surface area contributed by atoms with Crippen LogP contribution in [0.1, 0.15) is 16.7 Å². The number of nitrogen functional groups attached to an aromatic ring is 1. The Kier molecular flexibility index (Phi) is 4.12. The Bertz CT molecular complexity index is 872. The topological polar surface area (TPSA) is 136 Å². The summed E-state index contributed by atoms with van der Waals surface area (Å²) in [5, 5.41) is 27.8. The highest BCUT2D eigenvalue weighted by Crippen LogP contribution is 2.31. The number of nitrogens with one attached hydrogen (secondary N) is 1. The molecular weight excluding hydrogens is 284 g/mol. The van der Waals surface area contributed by atoms with Crippen LogP contribution in [0.15, 0.2) is 23.0 Å². The number of nitrogens with zero attached hydrogens (tertiary/aromatic N) is 2. The van der Waals surface area contributed by atoms with Gasteiger partial charge >= 0.3 is 0 Å². The van der Waals surface area contributed by atoms with E-state index in [0.717, 1.165) is 0 Å². The number of aliphatic hydroxyl groups excluding tert-OH is 1. The summed E-state index contributed by atoms with van der Waals surface area (Å²) in [5.41, 5.74) is 5.82. The molecule has 0 aliphatic carbocycles. The molecule has 0 bridgehead atoms. The van der Waals surface area contributed by atoms with Gasteiger partial charge in [0.1, 0.15) is 34.8 Å². The molecule has 7 nitrogen and oxygen atoms in total. The SMILES string of the molecule is COc1ccc(-c2c(C#N)c(N)[nH]c(=O)c2C#N)cc1CO. The van der Waals surface area contributed by atoms with Crippen LogP contribution in [0.4, 0.5) is 5.82 Å². The fourth-order valence-electron chi connectivity index (χ4n) is 2.19. The number of benzene rings is 1. The smallest absolute Gasteiger partial charge is 0.268 e. The first kappa shape index (κ1) is 15.1. The molecule has 7 heteroatoms. The van der Waals surface area contributed by atoms with Crippen LogP contribution in [0, 0.1) is 22.7 Å². The number of ether oxygens (including phenoxy) is 1. The van der Waals surface area contributed by atoms with Crippen molar-refractivity contribution in [1.29, 1.82) is 10.5 Å². The van der Waals surface area contributed by atoms with Crippen molar-refractivity contribution in [3.8, 4) is 29.0 Å². The lowest BCUT2D eigenvalue weighted by molar-refractivity contribution is 0.274. The summed E-state index contributed by atoms with van der Waals surface area (Å²) in [6.45, 7) is -0.292. The van der Waals surface area contributed by atoms with Crippen molar-refractivity contribution < 1.29 is 9.84 Å². The van der Waals surface area contributed by atoms with Crippen LogP contribution in [-0.2, 0) is 6.61 Å². The van der Waals surface area contributed by atoms with Gasteiger partial charge in [0, 0.05) is 11.1 Å². The minimum absolute atomic E-state index is 0.00482. The largest absolute Gasteiger partial charge is 0.496 e. The molecule has 0 amide bonds. The summed E-state index contributed by atoms with van der Waals surface area (Å²) in [6, 6.07) is 8.40. The standard InChI is InChI=1S/C15H12N4O3/c1-22-12-3-2-8(4-9(12)7-20)13-10(5-16)14(18)19-15(21)11(13)6-17/h2-4,20H,7H2,1H3,(H3,18,19,21). The van der Waals surface area contributed by atoms with Crippen LogP contribution in [-0.4, -0.2) is 17.2 Å². The lowest BCUT2D eigenvalue weighted by atomic mass is 9.95. The zero-order chi connectivity index (χ0) is 16.3. The molecular formula is C15H12N4O3. The second-order valence-corrected chi connectivity index (χ2v) is 4.40. The number of hydrogen-bond donors (Lipinski definition) is 3. The molecule has 0 aliphatic heterocycles. The number of pyridine rings is 1. The predicted octanol–water partition coefficient (Wildman–Crippen LogP) is 0.868. The number of methoxy groups -OCH3 is 1. The number of aromatic amines is 1. The van der Waals surface area contributed by atoms with Gasteiger partial charge in [-0.3, -0.25) is 4.79 Å². The van der Waals surface area contributed by atoms with E-state index in [4.69, 9.17) is 10.5 Å². The Morgan fingerprint density at radius 1 is 1.32 bits per heavy atom. The molecule has 0 aliphatic rings. The van der Waals surface area contributed by atoms with Gasteiger partial charge in [0.05, 0.1) is 13.7 Å². The van der Waals surface area contributed by atoms with Crippen molar-refractivity contribution in [3.05, 3.63) is 45.2 Å². The van der Waals surface area contributed by atoms with Gasteiger partial charge in [-0.25, -0.2) is 0 Å². The third-order valence-electron chi connectivity index (χ3n) is 3.21. The first-order valence-corrected chi connectivity index (χ1v) is 6.21. The van der Waals surface area contributed by atoms with Gasteiger partial charge in [-0.1, -0.05) is 6.07 Å². The Hall–Kier alpha value is -3.29. The van der Waals surface area contributed by atoms with E-state index in [2.05, 4.69) is 4.98 Å². The molecule has 0 radical (unpaired) electrons. The van der Waals surface area contributed by atoms with E-state index in [1.165, 1.54) is 7.11 Å². The summed E-state index contributed by atoms with van der Waals surface area (Å²) in [4.78, 5) is 14.1. The number of rotatable bonds is 3. The van der Waals surface area contributed by atoms with E-state index in [1.54, 1.807) is 24.3 Å². The normalized spacial score (nSPS) is 9.82. The molecule has 0 fully saturated rings. The number of nitrogens with two attached hydrogens (primary N) is 1. The van der Waals surface area contributed by atoms with Crippen molar-refractivity contribution in [2.24, 2.45) is 0 Å². The predicted molar refractivity (Wildman–Crippen MR) is 78.8 cm³/mol. The molecule has 22 heavy (non-hydrogen) atoms. The first-order valence-electron chi connectivity index (χ1n) is 6.21. The van der Waals surface area contributed by atoms with Gasteiger partial charge in [0.2, 0.25) is 0 Å². The Morgan fingerprint density at radius 3 is 2.55 bits per heavy atom. The quantitative estimate of drug-likeness (QED) is 0.768. The highest BCUT2D eigenvalue weighted by molar-refractivity contribution is 5.80. The lowest BCUT2D eigenvalue weighted by Gasteiger charge is -2.12. The van der Waals surface area contributed by atoms with Gasteiger partial charge in [0.15, 0.2) is 0 Å². The minimum atomic E-state index is -0.671. The van der Waals surface area contributed by atoms with Crippen molar-refractivity contribution in [3.63, 3.8) is 0 Å². The van der Waals surface area contributed by atoms with Crippen molar-refractivity contribution in [2.45, 2.75) is 6.61 Å². The molecule has 110 valence electrons. The summed E-state index contributed by atoms with van der Waals surface area (Å²) >= 11 is 0. The molecule has 0 spiro atoms. The molecule has 2 rings (SSSR count). The monoisotopic (exact) mass is 296 g/mol. The Morgan fingerprint density at radius 2 is 2.00 bits per heavy atom. The van der Waals surface area contributed by atoms with E-state index >= 15 is 0 Å². The van der Waals surface area contributed by atoms with Gasteiger partial charge in [0.25, 0.3) is 5.56 Å². The Balaban J connectivity index is 2.86. The maximum Gasteiger partial charge on any atom is 0.268 e. The van der Waals surface area contributed by atoms with Crippen LogP contribution >= 0.6 is 0 Å². The number of nitriles is 2. The summed E-state index contributed by atoms with van der Waals surface area (Å²) in [5.74, 6) is 0.351. The maximum absolute atomic E-state index is 11.9. The maximum atomic E-state index is 11.9. The average Bonchev–Trinajstić information content (AvgIpc) is 2.53. The number of aromatic nitrogens is 1. The van der Waals surface area contributed by atoms with Gasteiger partial charge in [-0.05, 0) is 17.7 Å². The molecule has 0 atom stereocenters. The highest BCUT2D eigenvalue weighted by atomic mass is 16.5. The molecule has 2 aromatic rings. The third kappa shape index (κ3) is 2.37. The van der Waals surface area contributed by atoms with E-state index in [1.807, 2.05) is 6.07 Å². The van der Waals surface area contributed by atoms with E-state index < -0.39 is 5.56 Å². The van der Waals surface area contributed by atoms with Gasteiger partial charge in [-0.2, -0.15) is 10.5 Å². The molecule has 1 heterocycles.